The van der Waals surface area contributed by atoms with E-state index in [0.717, 1.165) is 37.5 Å². The van der Waals surface area contributed by atoms with Gasteiger partial charge in [-0.3, -0.25) is 9.59 Å². The maximum atomic E-state index is 13.7. The van der Waals surface area contributed by atoms with Crippen LogP contribution in [0.25, 0.3) is 10.8 Å². The molecule has 0 saturated carbocycles. The largest absolute Gasteiger partial charge is 1.00 e. The molecule has 0 aliphatic rings. The van der Waals surface area contributed by atoms with Gasteiger partial charge in [-0.15, -0.1) is 5.11 Å². The molecule has 1 atom stereocenters. The third-order valence-corrected chi connectivity index (χ3v) is 13.7. The third-order valence-electron chi connectivity index (χ3n) is 11.6. The molecule has 0 aliphatic carbocycles. The van der Waals surface area contributed by atoms with Crippen molar-refractivity contribution in [1.29, 1.82) is 0 Å². The number of anilines is 2. The van der Waals surface area contributed by atoms with Crippen LogP contribution < -0.4 is 84.0 Å². The summed E-state index contributed by atoms with van der Waals surface area (Å²) in [5, 5.41) is 34.2. The van der Waals surface area contributed by atoms with Gasteiger partial charge >= 0.3 is 59.1 Å². The molecule has 0 bridgehead atoms. The number of benzene rings is 5. The SMILES string of the molecule is CCC(Oc1ccc(C(C)(C)CC)cc1C(C)(C)CC)C(=O)Nc1cc(OCCOc2ccc(N=Nc3c(S(=O)(=O)[O-])cc4cc(S(=O)(=O)[O-])cc(NC(C)=O)c4c3O)cc2)c(C)c(Cl)c1O.[Na+].[Na+]. The molecule has 0 fully saturated rings. The molecule has 2 amide bonds. The second kappa shape index (κ2) is 24.0. The molecule has 1 unspecified atom stereocenters. The Morgan fingerprint density at radius 3 is 1.96 bits per heavy atom. The van der Waals surface area contributed by atoms with Crippen molar-refractivity contribution >= 4 is 77.2 Å². The monoisotopic (exact) mass is 1030 g/mol. The van der Waals surface area contributed by atoms with Crippen molar-refractivity contribution in [2.24, 2.45) is 10.2 Å². The molecule has 5 aromatic rings. The van der Waals surface area contributed by atoms with E-state index in [-0.39, 0.29) is 128 Å². The Morgan fingerprint density at radius 1 is 0.768 bits per heavy atom. The first-order chi connectivity index (χ1) is 31.2. The van der Waals surface area contributed by atoms with Gasteiger partial charge in [0.15, 0.2) is 17.6 Å². The summed E-state index contributed by atoms with van der Waals surface area (Å²) in [6, 6.07) is 15.7. The Bertz CT molecular complexity index is 2970. The van der Waals surface area contributed by atoms with Crippen LogP contribution in [0.3, 0.4) is 0 Å². The predicted octanol–water partition coefficient (Wildman–Crippen LogP) is 4.03. The molecule has 0 radical (unpaired) electrons. The molecule has 69 heavy (non-hydrogen) atoms. The van der Waals surface area contributed by atoms with Crippen molar-refractivity contribution in [2.75, 3.05) is 23.8 Å². The maximum Gasteiger partial charge on any atom is 1.00 e. The molecular formula is C47H53ClN4Na2O13S2. The average Bonchev–Trinajstić information content (AvgIpc) is 3.26. The van der Waals surface area contributed by atoms with Crippen LogP contribution in [0.5, 0.6) is 28.7 Å². The number of nitrogens with zero attached hydrogens (tertiary/aromatic N) is 2. The van der Waals surface area contributed by atoms with E-state index < -0.39 is 59.4 Å². The van der Waals surface area contributed by atoms with Gasteiger partial charge in [-0.25, -0.2) is 16.8 Å². The average molecular weight is 1030 g/mol. The smallest absolute Gasteiger partial charge is 0.744 e. The van der Waals surface area contributed by atoms with Crippen LogP contribution >= 0.6 is 11.6 Å². The first-order valence-electron chi connectivity index (χ1n) is 21.2. The summed E-state index contributed by atoms with van der Waals surface area (Å²) in [7, 11) is -10.5. The molecule has 4 N–H and O–H groups in total. The number of ether oxygens (including phenoxy) is 3. The van der Waals surface area contributed by atoms with Crippen LogP contribution in [0.15, 0.2) is 86.7 Å². The molecule has 360 valence electrons. The van der Waals surface area contributed by atoms with Crippen molar-refractivity contribution in [1.82, 2.24) is 0 Å². The van der Waals surface area contributed by atoms with E-state index in [2.05, 4.69) is 68.5 Å². The number of phenols is 2. The Balaban J connectivity index is 0.00000630. The molecule has 22 heteroatoms. The Kier molecular flexibility index (Phi) is 20.6. The van der Waals surface area contributed by atoms with Gasteiger partial charge in [-0.1, -0.05) is 72.2 Å². The van der Waals surface area contributed by atoms with Crippen LogP contribution in [-0.2, 0) is 40.7 Å². The van der Waals surface area contributed by atoms with Gasteiger partial charge in [0, 0.05) is 29.5 Å². The molecule has 17 nitrogen and oxygen atoms in total. The Hall–Kier alpha value is -3.99. The fourth-order valence-electron chi connectivity index (χ4n) is 6.83. The van der Waals surface area contributed by atoms with Gasteiger partial charge in [-0.2, -0.15) is 5.11 Å². The summed E-state index contributed by atoms with van der Waals surface area (Å²) in [6.07, 6.45) is 1.21. The van der Waals surface area contributed by atoms with Crippen molar-refractivity contribution in [3.8, 4) is 28.7 Å². The van der Waals surface area contributed by atoms with E-state index in [1.165, 1.54) is 35.9 Å². The van der Waals surface area contributed by atoms with E-state index in [0.29, 0.717) is 29.5 Å². The van der Waals surface area contributed by atoms with Gasteiger partial charge < -0.3 is 44.2 Å². The fourth-order valence-corrected chi connectivity index (χ4v) is 8.20. The molecule has 5 rings (SSSR count). The normalized spacial score (nSPS) is 12.5. The Labute approximate surface area is 451 Å². The van der Waals surface area contributed by atoms with Crippen molar-refractivity contribution in [2.45, 2.75) is 108 Å². The van der Waals surface area contributed by atoms with Crippen LogP contribution in [0.4, 0.5) is 22.7 Å². The van der Waals surface area contributed by atoms with Crippen molar-refractivity contribution in [3.05, 3.63) is 88.4 Å². The molecular weight excluding hydrogens is 974 g/mol. The summed E-state index contributed by atoms with van der Waals surface area (Å²) >= 11 is 6.50. The number of hydrogen-bond donors (Lipinski definition) is 4. The van der Waals surface area contributed by atoms with Crippen LogP contribution in [0.1, 0.15) is 91.3 Å². The number of aromatic hydroxyl groups is 2. The van der Waals surface area contributed by atoms with Crippen molar-refractivity contribution in [3.63, 3.8) is 0 Å². The number of nitrogens with one attached hydrogen (secondary N) is 2. The quantitative estimate of drug-likeness (QED) is 0.0300. The summed E-state index contributed by atoms with van der Waals surface area (Å²) < 4.78 is 90.3. The van der Waals surface area contributed by atoms with E-state index in [4.69, 9.17) is 25.8 Å². The van der Waals surface area contributed by atoms with E-state index in [1.807, 2.05) is 19.1 Å². The molecule has 0 aliphatic heterocycles. The van der Waals surface area contributed by atoms with Gasteiger partial charge in [0.05, 0.1) is 31.9 Å². The zero-order valence-corrected chi connectivity index (χ0v) is 46.8. The number of halogens is 1. The summed E-state index contributed by atoms with van der Waals surface area (Å²) in [5.41, 5.74) is 1.26. The number of hydrogen-bond acceptors (Lipinski definition) is 15. The topological polar surface area (TPSA) is 265 Å². The Morgan fingerprint density at radius 2 is 1.39 bits per heavy atom. The standard InChI is InChI=1S/C47H55ClN4O13S2.2Na/c1-10-36(65-37-18-13-29(46(6,7)11-2)23-33(37)47(8,9)12-3)45(56)50-35-25-38(26(4)41(48)43(35)54)64-20-19-63-31-16-14-30(15-17-31)51-52-42-39(67(60,61)62)22-28-21-32(66(57,58)59)24-34(49-27(5)53)40(28)44(42)55;;/h13-18,21-25,36,54-55H,10-12,19-20H2,1-9H3,(H,49,53)(H,50,56)(H,57,58,59)(H,60,61,62);;/q;2*+1/p-2. The zero-order valence-electron chi connectivity index (χ0n) is 40.4. The molecule has 0 heterocycles. The van der Waals surface area contributed by atoms with Crippen molar-refractivity contribution < 1.29 is 119 Å². The number of carbonyl (C=O) groups excluding carboxylic acids is 2. The third kappa shape index (κ3) is 14.3. The van der Waals surface area contributed by atoms with Crippen LogP contribution in [0.2, 0.25) is 5.02 Å². The predicted molar refractivity (Wildman–Crippen MR) is 252 cm³/mol. The van der Waals surface area contributed by atoms with Gasteiger partial charge in [-0.05, 0) is 96.5 Å². The van der Waals surface area contributed by atoms with Gasteiger partial charge in [0.25, 0.3) is 5.91 Å². The minimum Gasteiger partial charge on any atom is -0.744 e. The molecule has 0 spiro atoms. The first-order valence-corrected chi connectivity index (χ1v) is 24.4. The minimum absolute atomic E-state index is 0. The van der Waals surface area contributed by atoms with E-state index >= 15 is 0 Å². The first kappa shape index (κ1) is 59.3. The number of rotatable bonds is 19. The second-order valence-corrected chi connectivity index (χ2v) is 20.1. The second-order valence-electron chi connectivity index (χ2n) is 17.0. The van der Waals surface area contributed by atoms with E-state index in [9.17, 15) is 45.7 Å². The number of fused-ring (bicyclic) bond motifs is 1. The number of azo groups is 1. The summed E-state index contributed by atoms with van der Waals surface area (Å²) in [4.78, 5) is 23.7. The number of phenolic OH excluding ortho intramolecular Hbond substituents is 2. The van der Waals surface area contributed by atoms with Crippen LogP contribution in [0, 0.1) is 6.92 Å². The summed E-state index contributed by atoms with van der Waals surface area (Å²) in [6.45, 7) is 17.5. The number of amides is 2. The number of carbonyl (C=O) groups is 2. The molecule has 0 saturated heterocycles. The summed E-state index contributed by atoms with van der Waals surface area (Å²) in [5.74, 6) is -1.28. The molecule has 0 aromatic heterocycles. The maximum absolute atomic E-state index is 13.7. The van der Waals surface area contributed by atoms with Gasteiger partial charge in [0.1, 0.15) is 56.4 Å². The molecule has 5 aromatic carbocycles. The van der Waals surface area contributed by atoms with E-state index in [1.54, 1.807) is 6.92 Å². The minimum atomic E-state index is -5.37. The van der Waals surface area contributed by atoms with Gasteiger partial charge in [0.2, 0.25) is 5.91 Å². The zero-order chi connectivity index (χ0) is 49.8. The van der Waals surface area contributed by atoms with Crippen LogP contribution in [-0.4, -0.2) is 67.3 Å². The fraction of sp³-hybridized carbons (Fsp3) is 0.362.